The molecule has 2 N–H and O–H groups in total. The number of ether oxygens (including phenoxy) is 1. The van der Waals surface area contributed by atoms with E-state index in [2.05, 4.69) is 10.3 Å². The van der Waals surface area contributed by atoms with Gasteiger partial charge in [0.05, 0.1) is 35.6 Å². The Bertz CT molecular complexity index is 1350. The predicted octanol–water partition coefficient (Wildman–Crippen LogP) is 1.44. The molecule has 33 heavy (non-hydrogen) atoms. The summed E-state index contributed by atoms with van der Waals surface area (Å²) >= 11 is 0. The van der Waals surface area contributed by atoms with Crippen LogP contribution in [-0.4, -0.2) is 45.3 Å². The van der Waals surface area contributed by atoms with Crippen LogP contribution in [0.1, 0.15) is 31.9 Å². The molecule has 3 heterocycles. The van der Waals surface area contributed by atoms with E-state index in [1.807, 2.05) is 0 Å². The van der Waals surface area contributed by atoms with E-state index in [1.54, 1.807) is 62.4 Å². The highest BCUT2D eigenvalue weighted by Crippen LogP contribution is 2.50. The number of methoxy groups -OCH3 is 1. The zero-order chi connectivity index (χ0) is 23.5. The fourth-order valence-electron chi connectivity index (χ4n) is 4.92. The highest BCUT2D eigenvalue weighted by molar-refractivity contribution is 6.05. The third-order valence-electron chi connectivity index (χ3n) is 6.60. The van der Waals surface area contributed by atoms with E-state index < -0.39 is 34.9 Å². The molecule has 9 nitrogen and oxygen atoms in total. The number of carbonyl (C=O) groups is 2. The van der Waals surface area contributed by atoms with E-state index in [4.69, 9.17) is 4.74 Å². The summed E-state index contributed by atoms with van der Waals surface area (Å²) in [6.45, 7) is 3.48. The van der Waals surface area contributed by atoms with Crippen LogP contribution in [0.15, 0.2) is 59.7 Å². The van der Waals surface area contributed by atoms with Crippen molar-refractivity contribution in [3.63, 3.8) is 0 Å². The molecule has 1 saturated heterocycles. The third-order valence-corrected chi connectivity index (χ3v) is 6.60. The van der Waals surface area contributed by atoms with Gasteiger partial charge in [0.2, 0.25) is 5.91 Å². The van der Waals surface area contributed by atoms with E-state index >= 15 is 0 Å². The molecule has 1 amide bonds. The second kappa shape index (κ2) is 7.23. The summed E-state index contributed by atoms with van der Waals surface area (Å²) in [5.74, 6) is -0.878. The number of nitrogens with one attached hydrogen (secondary N) is 1. The van der Waals surface area contributed by atoms with Crippen molar-refractivity contribution in [3.05, 3.63) is 70.8 Å². The molecular weight excluding hydrogens is 424 g/mol. The Balaban J connectivity index is 1.65. The molecule has 1 fully saturated rings. The first-order valence-electron chi connectivity index (χ1n) is 10.7. The first kappa shape index (κ1) is 21.3. The molecular formula is C24H24N4O5. The molecule has 5 rings (SSSR count). The lowest BCUT2D eigenvalue weighted by atomic mass is 9.86. The summed E-state index contributed by atoms with van der Waals surface area (Å²) in [5, 5.41) is 15.6. The number of fused-ring (bicyclic) bond motifs is 4. The molecule has 0 saturated carbocycles. The molecule has 9 heteroatoms. The van der Waals surface area contributed by atoms with Crippen molar-refractivity contribution in [2.45, 2.75) is 43.6 Å². The average Bonchev–Trinajstić information content (AvgIpc) is 3.20. The number of hydrogen-bond donors (Lipinski definition) is 2. The Hall–Kier alpha value is -3.56. The number of aliphatic hydroxyl groups is 1. The number of nitrogens with zero attached hydrogens (tertiary/aromatic N) is 3. The Morgan fingerprint density at radius 2 is 1.88 bits per heavy atom. The number of benzene rings is 2. The Morgan fingerprint density at radius 3 is 2.64 bits per heavy atom. The zero-order valence-electron chi connectivity index (χ0n) is 18.5. The Morgan fingerprint density at radius 1 is 1.18 bits per heavy atom. The fraction of sp³-hybridized carbons (Fsp3) is 0.333. The van der Waals surface area contributed by atoms with Gasteiger partial charge < -0.3 is 9.84 Å². The van der Waals surface area contributed by atoms with Gasteiger partial charge in [0.25, 0.3) is 5.56 Å². The normalized spacial score (nSPS) is 23.9. The number of esters is 1. The van der Waals surface area contributed by atoms with E-state index in [9.17, 15) is 19.5 Å². The maximum Gasteiger partial charge on any atom is 0.329 e. The number of rotatable bonds is 4. The minimum absolute atomic E-state index is 0.185. The summed E-state index contributed by atoms with van der Waals surface area (Å²) in [5.41, 5.74) is -1.41. The van der Waals surface area contributed by atoms with Crippen molar-refractivity contribution in [2.75, 3.05) is 12.0 Å². The number of anilines is 1. The molecule has 0 spiro atoms. The molecule has 2 aromatic carbocycles. The van der Waals surface area contributed by atoms with Gasteiger partial charge in [-0.15, -0.1) is 0 Å². The van der Waals surface area contributed by atoms with Crippen LogP contribution in [0.4, 0.5) is 5.69 Å². The topological polar surface area (TPSA) is 114 Å². The smallest absolute Gasteiger partial charge is 0.329 e. The molecule has 0 bridgehead atoms. The molecule has 3 unspecified atom stereocenters. The Kier molecular flexibility index (Phi) is 4.66. The van der Waals surface area contributed by atoms with Crippen LogP contribution in [0.3, 0.4) is 0 Å². The fourth-order valence-corrected chi connectivity index (χ4v) is 4.92. The van der Waals surface area contributed by atoms with Gasteiger partial charge in [-0.1, -0.05) is 30.3 Å². The average molecular weight is 448 g/mol. The lowest BCUT2D eigenvalue weighted by Crippen LogP contribution is -2.52. The van der Waals surface area contributed by atoms with Gasteiger partial charge in [-0.3, -0.25) is 24.4 Å². The summed E-state index contributed by atoms with van der Waals surface area (Å²) in [7, 11) is 1.23. The van der Waals surface area contributed by atoms with Crippen molar-refractivity contribution in [1.82, 2.24) is 14.9 Å². The molecule has 3 atom stereocenters. The molecule has 0 aliphatic carbocycles. The third kappa shape index (κ3) is 3.00. The van der Waals surface area contributed by atoms with Crippen molar-refractivity contribution in [3.8, 4) is 0 Å². The van der Waals surface area contributed by atoms with E-state index in [1.165, 1.54) is 22.9 Å². The van der Waals surface area contributed by atoms with Crippen molar-refractivity contribution in [1.29, 1.82) is 0 Å². The number of hydrogen-bond acceptors (Lipinski definition) is 7. The van der Waals surface area contributed by atoms with Crippen LogP contribution in [-0.2, 0) is 19.9 Å². The largest absolute Gasteiger partial charge is 0.467 e. The van der Waals surface area contributed by atoms with Crippen molar-refractivity contribution >= 4 is 28.5 Å². The molecule has 2 aliphatic rings. The zero-order valence-corrected chi connectivity index (χ0v) is 18.5. The van der Waals surface area contributed by atoms with Crippen LogP contribution in [0, 0.1) is 0 Å². The molecule has 0 radical (unpaired) electrons. The van der Waals surface area contributed by atoms with Gasteiger partial charge in [-0.2, -0.15) is 0 Å². The second-order valence-electron chi connectivity index (χ2n) is 9.01. The number of para-hydroxylation sites is 2. The standard InChI is InChI=1S/C24H24N4O5/c1-23(2)22(31)28-17-11-7-5-9-15(17)24(32,21(28)26-23)12-18(20(30)33-3)27-13-25-16-10-6-4-8-14(16)19(27)29/h4-11,13,18,21,26,32H,12H2,1-3H3. The highest BCUT2D eigenvalue weighted by atomic mass is 16.5. The van der Waals surface area contributed by atoms with Crippen LogP contribution < -0.4 is 15.8 Å². The van der Waals surface area contributed by atoms with Gasteiger partial charge in [0.1, 0.15) is 17.8 Å². The quantitative estimate of drug-likeness (QED) is 0.581. The van der Waals surface area contributed by atoms with E-state index in [0.29, 0.717) is 22.2 Å². The first-order chi connectivity index (χ1) is 15.7. The van der Waals surface area contributed by atoms with Crippen LogP contribution in [0.25, 0.3) is 10.9 Å². The van der Waals surface area contributed by atoms with E-state index in [0.717, 1.165) is 0 Å². The molecule has 3 aromatic rings. The van der Waals surface area contributed by atoms with Crippen LogP contribution in [0.2, 0.25) is 0 Å². The summed E-state index contributed by atoms with van der Waals surface area (Å²) in [6, 6.07) is 12.7. The monoisotopic (exact) mass is 448 g/mol. The van der Waals surface area contributed by atoms with E-state index in [-0.39, 0.29) is 12.3 Å². The van der Waals surface area contributed by atoms with Gasteiger partial charge in [-0.05, 0) is 32.0 Å². The number of amides is 1. The number of aromatic nitrogens is 2. The number of carbonyl (C=O) groups excluding carboxylic acids is 2. The second-order valence-corrected chi connectivity index (χ2v) is 9.01. The maximum atomic E-state index is 13.3. The summed E-state index contributed by atoms with van der Waals surface area (Å²) in [6.07, 6.45) is 0.285. The summed E-state index contributed by atoms with van der Waals surface area (Å²) < 4.78 is 6.21. The van der Waals surface area contributed by atoms with Gasteiger partial charge in [0.15, 0.2) is 0 Å². The minimum Gasteiger partial charge on any atom is -0.467 e. The SMILES string of the molecule is COC(=O)C(CC1(O)c2ccccc2N2C(=O)C(C)(C)NC21)n1cnc2ccccc2c1=O. The van der Waals surface area contributed by atoms with Crippen LogP contribution >= 0.6 is 0 Å². The first-order valence-corrected chi connectivity index (χ1v) is 10.7. The minimum atomic E-state index is -1.66. The van der Waals surface area contributed by atoms with Crippen molar-refractivity contribution < 1.29 is 19.4 Å². The van der Waals surface area contributed by atoms with Gasteiger partial charge >= 0.3 is 5.97 Å². The highest BCUT2D eigenvalue weighted by Gasteiger charge is 2.61. The summed E-state index contributed by atoms with van der Waals surface area (Å²) in [4.78, 5) is 45.1. The Labute approximate surface area is 189 Å². The lowest BCUT2D eigenvalue weighted by molar-refractivity contribution is -0.147. The lowest BCUT2D eigenvalue weighted by Gasteiger charge is -2.34. The predicted molar refractivity (Wildman–Crippen MR) is 121 cm³/mol. The van der Waals surface area contributed by atoms with Crippen LogP contribution in [0.5, 0.6) is 0 Å². The van der Waals surface area contributed by atoms with Gasteiger partial charge in [-0.25, -0.2) is 9.78 Å². The van der Waals surface area contributed by atoms with Crippen molar-refractivity contribution in [2.24, 2.45) is 0 Å². The molecule has 2 aliphatic heterocycles. The maximum absolute atomic E-state index is 13.3. The molecule has 170 valence electrons. The molecule has 1 aromatic heterocycles. The van der Waals surface area contributed by atoms with Gasteiger partial charge in [0, 0.05) is 12.0 Å².